The Morgan fingerprint density at radius 1 is 1.42 bits per heavy atom. The van der Waals surface area contributed by atoms with Crippen LogP contribution in [-0.2, 0) is 0 Å². The van der Waals surface area contributed by atoms with E-state index in [-0.39, 0.29) is 6.61 Å². The number of anilines is 1. The van der Waals surface area contributed by atoms with E-state index in [9.17, 15) is 9.90 Å². The number of H-pyrrole nitrogens is 1. The van der Waals surface area contributed by atoms with Crippen molar-refractivity contribution in [3.8, 4) is 11.4 Å². The SMILES string of the molecule is O=C(Nc1cccc(-c2noc(C3CC3)n2)c1)NC(CO)c1ncc[nH]1. The minimum absolute atomic E-state index is 0.270. The van der Waals surface area contributed by atoms with Gasteiger partial charge < -0.3 is 25.2 Å². The van der Waals surface area contributed by atoms with Crippen molar-refractivity contribution >= 4 is 11.7 Å². The molecule has 134 valence electrons. The van der Waals surface area contributed by atoms with E-state index < -0.39 is 12.1 Å². The number of aromatic nitrogens is 4. The fourth-order valence-electron chi connectivity index (χ4n) is 2.58. The number of aliphatic hydroxyl groups excluding tert-OH is 1. The number of hydrogen-bond acceptors (Lipinski definition) is 6. The molecule has 4 rings (SSSR count). The first-order chi connectivity index (χ1) is 12.7. The van der Waals surface area contributed by atoms with Crippen LogP contribution >= 0.6 is 0 Å². The van der Waals surface area contributed by atoms with Crippen LogP contribution in [0.15, 0.2) is 41.2 Å². The van der Waals surface area contributed by atoms with Gasteiger partial charge in [-0.3, -0.25) is 0 Å². The summed E-state index contributed by atoms with van der Waals surface area (Å²) in [5.41, 5.74) is 1.33. The van der Waals surface area contributed by atoms with Crippen molar-refractivity contribution in [1.82, 2.24) is 25.4 Å². The molecule has 0 radical (unpaired) electrons. The Hall–Kier alpha value is -3.20. The number of nitrogens with one attached hydrogen (secondary N) is 3. The van der Waals surface area contributed by atoms with E-state index in [2.05, 4.69) is 30.7 Å². The number of urea groups is 1. The van der Waals surface area contributed by atoms with Crippen molar-refractivity contribution in [3.05, 3.63) is 48.4 Å². The molecule has 26 heavy (non-hydrogen) atoms. The summed E-state index contributed by atoms with van der Waals surface area (Å²) >= 11 is 0. The van der Waals surface area contributed by atoms with E-state index in [1.165, 1.54) is 0 Å². The van der Waals surface area contributed by atoms with E-state index in [4.69, 9.17) is 4.52 Å². The van der Waals surface area contributed by atoms with E-state index in [0.717, 1.165) is 18.4 Å². The molecule has 0 aliphatic heterocycles. The highest BCUT2D eigenvalue weighted by Crippen LogP contribution is 2.39. The van der Waals surface area contributed by atoms with Gasteiger partial charge in [0.15, 0.2) is 0 Å². The number of hydrogen-bond donors (Lipinski definition) is 4. The third-order valence-electron chi connectivity index (χ3n) is 4.08. The molecule has 1 unspecified atom stereocenters. The molecule has 1 aliphatic rings. The first-order valence-corrected chi connectivity index (χ1v) is 8.34. The second-order valence-corrected chi connectivity index (χ2v) is 6.12. The summed E-state index contributed by atoms with van der Waals surface area (Å²) in [6.45, 7) is -0.270. The van der Waals surface area contributed by atoms with Crippen LogP contribution in [0.5, 0.6) is 0 Å². The van der Waals surface area contributed by atoms with Gasteiger partial charge in [0.1, 0.15) is 11.9 Å². The van der Waals surface area contributed by atoms with Gasteiger partial charge >= 0.3 is 6.03 Å². The summed E-state index contributed by atoms with van der Waals surface area (Å²) in [5, 5.41) is 18.8. The fourth-order valence-corrected chi connectivity index (χ4v) is 2.58. The Bertz CT molecular complexity index is 888. The van der Waals surface area contributed by atoms with Gasteiger partial charge in [0, 0.05) is 29.6 Å². The Labute approximate surface area is 148 Å². The summed E-state index contributed by atoms with van der Waals surface area (Å²) in [4.78, 5) is 23.5. The lowest BCUT2D eigenvalue weighted by Crippen LogP contribution is -2.35. The van der Waals surface area contributed by atoms with Gasteiger partial charge in [0.05, 0.1) is 6.61 Å². The number of aromatic amines is 1. The molecular weight excluding hydrogens is 336 g/mol. The Balaban J connectivity index is 1.43. The monoisotopic (exact) mass is 354 g/mol. The maximum absolute atomic E-state index is 12.2. The fraction of sp³-hybridized carbons (Fsp3) is 0.294. The smallest absolute Gasteiger partial charge is 0.319 e. The van der Waals surface area contributed by atoms with E-state index in [1.807, 2.05) is 6.07 Å². The van der Waals surface area contributed by atoms with Crippen molar-refractivity contribution in [2.24, 2.45) is 0 Å². The molecule has 0 saturated heterocycles. The largest absolute Gasteiger partial charge is 0.394 e. The van der Waals surface area contributed by atoms with Crippen LogP contribution in [0.4, 0.5) is 10.5 Å². The number of benzene rings is 1. The highest BCUT2D eigenvalue weighted by molar-refractivity contribution is 5.90. The lowest BCUT2D eigenvalue weighted by atomic mass is 10.2. The number of imidazole rings is 1. The van der Waals surface area contributed by atoms with Gasteiger partial charge in [-0.1, -0.05) is 17.3 Å². The molecule has 1 atom stereocenters. The van der Waals surface area contributed by atoms with Crippen molar-refractivity contribution in [1.29, 1.82) is 0 Å². The average Bonchev–Trinajstić information content (AvgIpc) is 3.15. The molecule has 2 amide bonds. The highest BCUT2D eigenvalue weighted by Gasteiger charge is 2.29. The Morgan fingerprint density at radius 3 is 3.04 bits per heavy atom. The molecule has 1 fully saturated rings. The van der Waals surface area contributed by atoms with Gasteiger partial charge in [-0.15, -0.1) is 0 Å². The Kier molecular flexibility index (Phi) is 4.36. The molecule has 4 N–H and O–H groups in total. The molecule has 3 aromatic rings. The maximum Gasteiger partial charge on any atom is 0.319 e. The minimum atomic E-state index is -0.619. The minimum Gasteiger partial charge on any atom is -0.394 e. The number of carbonyl (C=O) groups excluding carboxylic acids is 1. The van der Waals surface area contributed by atoms with Crippen LogP contribution in [0, 0.1) is 0 Å². The van der Waals surface area contributed by atoms with Crippen LogP contribution < -0.4 is 10.6 Å². The standard InChI is InChI=1S/C17H18N6O3/c24-9-13(15-18-6-7-19-15)21-17(25)20-12-3-1-2-11(8-12)14-22-16(26-23-14)10-4-5-10/h1-3,6-8,10,13,24H,4-5,9H2,(H,18,19)(H2,20,21,25). The highest BCUT2D eigenvalue weighted by atomic mass is 16.5. The second kappa shape index (κ2) is 6.96. The summed E-state index contributed by atoms with van der Waals surface area (Å²) in [5.74, 6) is 2.04. The number of amides is 2. The van der Waals surface area contributed by atoms with Crippen LogP contribution in [0.3, 0.4) is 0 Å². The molecule has 1 aliphatic carbocycles. The number of nitrogens with zero attached hydrogens (tertiary/aromatic N) is 3. The van der Waals surface area contributed by atoms with E-state index in [0.29, 0.717) is 29.1 Å². The number of carbonyl (C=O) groups is 1. The van der Waals surface area contributed by atoms with Gasteiger partial charge in [-0.05, 0) is 25.0 Å². The van der Waals surface area contributed by atoms with Gasteiger partial charge in [0.2, 0.25) is 11.7 Å². The molecule has 2 aromatic heterocycles. The zero-order chi connectivity index (χ0) is 17.9. The lowest BCUT2D eigenvalue weighted by Gasteiger charge is -2.15. The zero-order valence-corrected chi connectivity index (χ0v) is 13.8. The maximum atomic E-state index is 12.2. The summed E-state index contributed by atoms with van der Waals surface area (Å²) < 4.78 is 5.27. The lowest BCUT2D eigenvalue weighted by molar-refractivity contribution is 0.222. The first-order valence-electron chi connectivity index (χ1n) is 8.34. The molecule has 9 nitrogen and oxygen atoms in total. The summed E-state index contributed by atoms with van der Waals surface area (Å²) in [6, 6.07) is 6.10. The topological polar surface area (TPSA) is 129 Å². The van der Waals surface area contributed by atoms with Gasteiger partial charge in [-0.2, -0.15) is 4.98 Å². The second-order valence-electron chi connectivity index (χ2n) is 6.12. The molecule has 9 heteroatoms. The predicted octanol–water partition coefficient (Wildman–Crippen LogP) is 2.19. The van der Waals surface area contributed by atoms with E-state index >= 15 is 0 Å². The van der Waals surface area contributed by atoms with Crippen LogP contribution in [0.2, 0.25) is 0 Å². The zero-order valence-electron chi connectivity index (χ0n) is 13.8. The van der Waals surface area contributed by atoms with Gasteiger partial charge in [-0.25, -0.2) is 9.78 Å². The summed E-state index contributed by atoms with van der Waals surface area (Å²) in [6.07, 6.45) is 5.36. The molecule has 1 saturated carbocycles. The van der Waals surface area contributed by atoms with Crippen LogP contribution in [-0.4, -0.2) is 37.9 Å². The Morgan fingerprint density at radius 2 is 2.31 bits per heavy atom. The molecule has 0 bridgehead atoms. The van der Waals surface area contributed by atoms with Crippen molar-refractivity contribution in [3.63, 3.8) is 0 Å². The average molecular weight is 354 g/mol. The van der Waals surface area contributed by atoms with Crippen molar-refractivity contribution < 1.29 is 14.4 Å². The van der Waals surface area contributed by atoms with Crippen molar-refractivity contribution in [2.45, 2.75) is 24.8 Å². The van der Waals surface area contributed by atoms with E-state index in [1.54, 1.807) is 30.6 Å². The molecule has 2 heterocycles. The molecule has 1 aromatic carbocycles. The third kappa shape index (κ3) is 3.57. The predicted molar refractivity (Wildman–Crippen MR) is 92.3 cm³/mol. The normalized spacial score (nSPS) is 14.8. The van der Waals surface area contributed by atoms with Crippen LogP contribution in [0.1, 0.15) is 36.5 Å². The third-order valence-corrected chi connectivity index (χ3v) is 4.08. The quantitative estimate of drug-likeness (QED) is 0.537. The first kappa shape index (κ1) is 16.3. The summed E-state index contributed by atoms with van der Waals surface area (Å²) in [7, 11) is 0. The number of aliphatic hydroxyl groups is 1. The van der Waals surface area contributed by atoms with Gasteiger partial charge in [0.25, 0.3) is 0 Å². The molecule has 0 spiro atoms. The van der Waals surface area contributed by atoms with Crippen LogP contribution in [0.25, 0.3) is 11.4 Å². The molecular formula is C17H18N6O3. The number of rotatable bonds is 6. The van der Waals surface area contributed by atoms with Crippen molar-refractivity contribution in [2.75, 3.05) is 11.9 Å².